The van der Waals surface area contributed by atoms with Crippen LogP contribution in [0.5, 0.6) is 5.75 Å². The molecule has 2 heterocycles. The lowest BCUT2D eigenvalue weighted by Gasteiger charge is -2.03. The molecule has 0 fully saturated rings. The predicted octanol–water partition coefficient (Wildman–Crippen LogP) is 0.732. The zero-order valence-corrected chi connectivity index (χ0v) is 12.7. The van der Waals surface area contributed by atoms with E-state index in [0.717, 1.165) is 10.1 Å². The second-order valence-electron chi connectivity index (χ2n) is 4.95. The Morgan fingerprint density at radius 2 is 2.17 bits per heavy atom. The molecule has 2 aromatic heterocycles. The molecule has 0 aliphatic rings. The van der Waals surface area contributed by atoms with E-state index in [0.29, 0.717) is 11.6 Å². The van der Waals surface area contributed by atoms with Crippen LogP contribution in [0.1, 0.15) is 0 Å². The van der Waals surface area contributed by atoms with Gasteiger partial charge in [0.2, 0.25) is 0 Å². The summed E-state index contributed by atoms with van der Waals surface area (Å²) < 4.78 is 7.48. The number of hydrogen-bond acceptors (Lipinski definition) is 4. The van der Waals surface area contributed by atoms with E-state index >= 15 is 0 Å². The van der Waals surface area contributed by atoms with E-state index in [1.165, 1.54) is 4.57 Å². The van der Waals surface area contributed by atoms with Crippen molar-refractivity contribution in [2.45, 2.75) is 6.54 Å². The molecular weight excluding hydrogens is 296 g/mol. The van der Waals surface area contributed by atoms with Gasteiger partial charge in [0.1, 0.15) is 17.1 Å². The fraction of sp³-hybridized carbons (Fsp3) is 0.188. The summed E-state index contributed by atoms with van der Waals surface area (Å²) in [4.78, 5) is 32.0. The standard InChI is InChI=1S/C16H14N4O3/c1-4-8-20-15(21)12-14(19(2)16(20)22)18-13(17-12)10-6-5-7-11(9-10)23-3/h1,5-7,9H,8H2,2-3H3,(H,17,18). The molecule has 0 aliphatic heterocycles. The van der Waals surface area contributed by atoms with E-state index in [4.69, 9.17) is 11.2 Å². The average Bonchev–Trinajstić information content (AvgIpc) is 3.02. The molecule has 3 rings (SSSR count). The fourth-order valence-electron chi connectivity index (χ4n) is 2.39. The quantitative estimate of drug-likeness (QED) is 0.723. The molecule has 23 heavy (non-hydrogen) atoms. The number of terminal acetylenes is 1. The number of aromatic amines is 1. The van der Waals surface area contributed by atoms with E-state index in [1.54, 1.807) is 20.2 Å². The average molecular weight is 310 g/mol. The van der Waals surface area contributed by atoms with Crippen LogP contribution in [0.3, 0.4) is 0 Å². The predicted molar refractivity (Wildman–Crippen MR) is 86.4 cm³/mol. The molecule has 116 valence electrons. The summed E-state index contributed by atoms with van der Waals surface area (Å²) in [6.07, 6.45) is 5.22. The molecule has 1 N–H and O–H groups in total. The van der Waals surface area contributed by atoms with Crippen LogP contribution in [0, 0.1) is 12.3 Å². The van der Waals surface area contributed by atoms with Gasteiger partial charge in [0.15, 0.2) is 5.65 Å². The lowest BCUT2D eigenvalue weighted by atomic mass is 10.2. The molecule has 0 saturated heterocycles. The van der Waals surface area contributed by atoms with E-state index in [1.807, 2.05) is 18.2 Å². The Kier molecular flexibility index (Phi) is 3.50. The number of benzene rings is 1. The van der Waals surface area contributed by atoms with Gasteiger partial charge in [-0.3, -0.25) is 9.36 Å². The summed E-state index contributed by atoms with van der Waals surface area (Å²) in [5.41, 5.74) is 0.286. The van der Waals surface area contributed by atoms with Crippen LogP contribution in [0.15, 0.2) is 33.9 Å². The van der Waals surface area contributed by atoms with Crippen LogP contribution in [-0.2, 0) is 13.6 Å². The molecule has 0 saturated carbocycles. The molecule has 7 heteroatoms. The number of H-pyrrole nitrogens is 1. The smallest absolute Gasteiger partial charge is 0.333 e. The molecule has 0 unspecified atom stereocenters. The highest BCUT2D eigenvalue weighted by atomic mass is 16.5. The van der Waals surface area contributed by atoms with E-state index in [-0.39, 0.29) is 17.7 Å². The number of ether oxygens (including phenoxy) is 1. The number of aryl methyl sites for hydroxylation is 1. The Labute approximate surface area is 131 Å². The van der Waals surface area contributed by atoms with Crippen molar-refractivity contribution in [3.8, 4) is 29.5 Å². The number of nitrogens with zero attached hydrogens (tertiary/aromatic N) is 3. The highest BCUT2D eigenvalue weighted by Crippen LogP contribution is 2.22. The molecule has 7 nitrogen and oxygen atoms in total. The van der Waals surface area contributed by atoms with Crippen molar-refractivity contribution in [2.24, 2.45) is 7.05 Å². The van der Waals surface area contributed by atoms with Crippen LogP contribution >= 0.6 is 0 Å². The minimum Gasteiger partial charge on any atom is -0.497 e. The van der Waals surface area contributed by atoms with E-state index in [9.17, 15) is 9.59 Å². The highest BCUT2D eigenvalue weighted by molar-refractivity contribution is 5.75. The third-order valence-corrected chi connectivity index (χ3v) is 3.57. The summed E-state index contributed by atoms with van der Waals surface area (Å²) >= 11 is 0. The molecule has 0 atom stereocenters. The lowest BCUT2D eigenvalue weighted by molar-refractivity contribution is 0.415. The Bertz CT molecular complexity index is 1050. The number of aromatic nitrogens is 4. The molecule has 0 bridgehead atoms. The highest BCUT2D eigenvalue weighted by Gasteiger charge is 2.15. The maximum Gasteiger partial charge on any atom is 0.333 e. The SMILES string of the molecule is C#CCn1c(=O)c2[nH]c(-c3cccc(OC)c3)nc2n(C)c1=O. The molecule has 1 aromatic carbocycles. The van der Waals surface area contributed by atoms with Gasteiger partial charge in [0, 0.05) is 12.6 Å². The van der Waals surface area contributed by atoms with Gasteiger partial charge in [0.25, 0.3) is 5.56 Å². The molecule has 0 aliphatic carbocycles. The third kappa shape index (κ3) is 2.30. The molecule has 0 amide bonds. The Hall–Kier alpha value is -3.27. The van der Waals surface area contributed by atoms with Crippen LogP contribution < -0.4 is 16.0 Å². The maximum atomic E-state index is 12.4. The van der Waals surface area contributed by atoms with E-state index < -0.39 is 11.2 Å². The topological polar surface area (TPSA) is 81.9 Å². The number of hydrogen-bond donors (Lipinski definition) is 1. The Morgan fingerprint density at radius 3 is 2.87 bits per heavy atom. The second kappa shape index (κ2) is 5.50. The van der Waals surface area contributed by atoms with Gasteiger partial charge >= 0.3 is 5.69 Å². The largest absolute Gasteiger partial charge is 0.497 e. The molecular formula is C16H14N4O3. The zero-order valence-electron chi connectivity index (χ0n) is 12.7. The van der Waals surface area contributed by atoms with Gasteiger partial charge in [-0.15, -0.1) is 6.42 Å². The van der Waals surface area contributed by atoms with Crippen molar-refractivity contribution in [3.63, 3.8) is 0 Å². The van der Waals surface area contributed by atoms with E-state index in [2.05, 4.69) is 15.9 Å². The van der Waals surface area contributed by atoms with Gasteiger partial charge < -0.3 is 9.72 Å². The number of rotatable bonds is 3. The minimum atomic E-state index is -0.496. The normalized spacial score (nSPS) is 10.7. The fourth-order valence-corrected chi connectivity index (χ4v) is 2.39. The summed E-state index contributed by atoms with van der Waals surface area (Å²) in [7, 11) is 3.12. The van der Waals surface area contributed by atoms with Crippen LogP contribution in [0.4, 0.5) is 0 Å². The van der Waals surface area contributed by atoms with Crippen LogP contribution in [-0.4, -0.2) is 26.2 Å². The minimum absolute atomic E-state index is 0.0883. The Balaban J connectivity index is 2.29. The molecule has 0 radical (unpaired) electrons. The first-order chi connectivity index (χ1) is 11.1. The van der Waals surface area contributed by atoms with Crippen LogP contribution in [0.25, 0.3) is 22.6 Å². The summed E-state index contributed by atoms with van der Waals surface area (Å²) in [6, 6.07) is 7.24. The first-order valence-electron chi connectivity index (χ1n) is 6.84. The van der Waals surface area contributed by atoms with Crippen molar-refractivity contribution in [1.29, 1.82) is 0 Å². The monoisotopic (exact) mass is 310 g/mol. The number of fused-ring (bicyclic) bond motifs is 1. The molecule has 3 aromatic rings. The van der Waals surface area contributed by atoms with Crippen LogP contribution in [0.2, 0.25) is 0 Å². The van der Waals surface area contributed by atoms with Crippen molar-refractivity contribution in [3.05, 3.63) is 45.1 Å². The van der Waals surface area contributed by atoms with Gasteiger partial charge in [-0.05, 0) is 12.1 Å². The Morgan fingerprint density at radius 1 is 1.39 bits per heavy atom. The van der Waals surface area contributed by atoms with Crippen molar-refractivity contribution in [2.75, 3.05) is 7.11 Å². The van der Waals surface area contributed by atoms with Gasteiger partial charge in [0.05, 0.1) is 13.7 Å². The third-order valence-electron chi connectivity index (χ3n) is 3.57. The summed E-state index contributed by atoms with van der Waals surface area (Å²) in [5.74, 6) is 3.45. The lowest BCUT2D eigenvalue weighted by Crippen LogP contribution is -2.38. The first kappa shape index (κ1) is 14.7. The zero-order chi connectivity index (χ0) is 16.6. The van der Waals surface area contributed by atoms with Gasteiger partial charge in [-0.25, -0.2) is 14.3 Å². The summed E-state index contributed by atoms with van der Waals surface area (Å²) in [5, 5.41) is 0. The van der Waals surface area contributed by atoms with Crippen molar-refractivity contribution < 1.29 is 4.74 Å². The first-order valence-corrected chi connectivity index (χ1v) is 6.84. The number of nitrogens with one attached hydrogen (secondary N) is 1. The molecule has 0 spiro atoms. The maximum absolute atomic E-state index is 12.4. The number of methoxy groups -OCH3 is 1. The summed E-state index contributed by atoms with van der Waals surface area (Å²) in [6.45, 7) is -0.0883. The van der Waals surface area contributed by atoms with Crippen molar-refractivity contribution >= 4 is 11.2 Å². The van der Waals surface area contributed by atoms with Gasteiger partial charge in [-0.2, -0.15) is 0 Å². The van der Waals surface area contributed by atoms with Crippen molar-refractivity contribution in [1.82, 2.24) is 19.1 Å². The number of imidazole rings is 1. The van der Waals surface area contributed by atoms with Gasteiger partial charge in [-0.1, -0.05) is 18.1 Å². The second-order valence-corrected chi connectivity index (χ2v) is 4.95.